The minimum atomic E-state index is 0.409. The Balaban J connectivity index is 1.91. The molecule has 0 aromatic rings. The second-order valence-electron chi connectivity index (χ2n) is 3.90. The monoisotopic (exact) mass is 185 g/mol. The van der Waals surface area contributed by atoms with Crippen molar-refractivity contribution < 1.29 is 0 Å². The van der Waals surface area contributed by atoms with Crippen LogP contribution in [-0.2, 0) is 0 Å². The topological polar surface area (TPSA) is 44.8 Å². The molecular formula is C8H17N4O-. The fourth-order valence-corrected chi connectivity index (χ4v) is 2.16. The molecule has 5 heteroatoms. The molecule has 13 heavy (non-hydrogen) atoms. The molecular weight excluding hydrogens is 168 g/mol. The Morgan fingerprint density at radius 2 is 2.23 bits per heavy atom. The number of nitrogens with zero attached hydrogens (tertiary/aromatic N) is 3. The Kier molecular flexibility index (Phi) is 2.80. The lowest BCUT2D eigenvalue weighted by Gasteiger charge is -2.42. The van der Waals surface area contributed by atoms with Crippen molar-refractivity contribution in [1.29, 1.82) is 0 Å². The first-order valence-electron chi connectivity index (χ1n) is 4.93. The zero-order valence-corrected chi connectivity index (χ0v) is 8.07. The number of hydrogen-bond donors (Lipinski definition) is 1. The summed E-state index contributed by atoms with van der Waals surface area (Å²) in [6, 6.07) is 0.409. The quantitative estimate of drug-likeness (QED) is 0.603. The molecule has 0 aromatic heterocycles. The van der Waals surface area contributed by atoms with Gasteiger partial charge < -0.3 is 10.1 Å². The van der Waals surface area contributed by atoms with Crippen LogP contribution in [0.25, 0.3) is 0 Å². The van der Waals surface area contributed by atoms with Crippen molar-refractivity contribution in [1.82, 2.24) is 20.6 Å². The summed E-state index contributed by atoms with van der Waals surface area (Å²) in [5.41, 5.74) is 2.77. The lowest BCUT2D eigenvalue weighted by Crippen LogP contribution is -2.50. The van der Waals surface area contributed by atoms with Gasteiger partial charge in [0.1, 0.15) is 0 Å². The maximum Gasteiger partial charge on any atom is 0.0377 e. The van der Waals surface area contributed by atoms with Crippen LogP contribution < -0.4 is 5.43 Å². The van der Waals surface area contributed by atoms with E-state index in [1.165, 1.54) is 6.42 Å². The Bertz CT molecular complexity index is 178. The number of likely N-dealkylation sites (N-methyl/N-ethyl adjacent to an activating group) is 1. The molecule has 0 aromatic carbocycles. The first-order chi connectivity index (χ1) is 6.27. The van der Waals surface area contributed by atoms with E-state index >= 15 is 0 Å². The van der Waals surface area contributed by atoms with Crippen LogP contribution in [0, 0.1) is 5.21 Å². The van der Waals surface area contributed by atoms with Crippen LogP contribution in [0.1, 0.15) is 12.8 Å². The maximum atomic E-state index is 11.3. The van der Waals surface area contributed by atoms with Crippen molar-refractivity contribution in [3.63, 3.8) is 0 Å². The van der Waals surface area contributed by atoms with E-state index in [1.54, 1.807) is 0 Å². The molecule has 0 radical (unpaired) electrons. The summed E-state index contributed by atoms with van der Waals surface area (Å²) < 4.78 is 0. The number of hydrogen-bond acceptors (Lipinski definition) is 5. The SMILES string of the molecule is CN1CCC[C@@H](N2CCNN2[O-])C1. The van der Waals surface area contributed by atoms with Crippen molar-refractivity contribution in [2.45, 2.75) is 18.9 Å². The zero-order chi connectivity index (χ0) is 9.26. The number of nitrogens with one attached hydrogen (secondary N) is 1. The van der Waals surface area contributed by atoms with E-state index in [2.05, 4.69) is 17.4 Å². The van der Waals surface area contributed by atoms with Crippen LogP contribution in [0.2, 0.25) is 0 Å². The molecule has 2 saturated heterocycles. The molecule has 0 spiro atoms. The van der Waals surface area contributed by atoms with Gasteiger partial charge in [0.25, 0.3) is 0 Å². The summed E-state index contributed by atoms with van der Waals surface area (Å²) in [4.78, 5) is 2.29. The predicted molar refractivity (Wildman–Crippen MR) is 50.4 cm³/mol. The van der Waals surface area contributed by atoms with Gasteiger partial charge in [0.2, 0.25) is 0 Å². The summed E-state index contributed by atoms with van der Waals surface area (Å²) in [5, 5.41) is 14.1. The molecule has 1 atom stereocenters. The van der Waals surface area contributed by atoms with E-state index < -0.39 is 0 Å². The van der Waals surface area contributed by atoms with Crippen LogP contribution >= 0.6 is 0 Å². The smallest absolute Gasteiger partial charge is 0.0377 e. The average molecular weight is 185 g/mol. The molecule has 2 rings (SSSR count). The molecule has 5 nitrogen and oxygen atoms in total. The predicted octanol–water partition coefficient (Wildman–Crippen LogP) is -0.384. The number of rotatable bonds is 1. The van der Waals surface area contributed by atoms with Gasteiger partial charge in [-0.05, 0) is 26.4 Å². The molecule has 1 N–H and O–H groups in total. The third-order valence-electron chi connectivity index (χ3n) is 2.84. The van der Waals surface area contributed by atoms with Gasteiger partial charge in [0, 0.05) is 25.7 Å². The van der Waals surface area contributed by atoms with E-state index in [9.17, 15) is 5.21 Å². The normalized spacial score (nSPS) is 34.2. The van der Waals surface area contributed by atoms with Crippen molar-refractivity contribution in [2.24, 2.45) is 0 Å². The van der Waals surface area contributed by atoms with Crippen LogP contribution in [0.5, 0.6) is 0 Å². The highest BCUT2D eigenvalue weighted by molar-refractivity contribution is 4.80. The van der Waals surface area contributed by atoms with Gasteiger partial charge in [-0.25, -0.2) is 5.01 Å². The first kappa shape index (κ1) is 9.36. The minimum Gasteiger partial charge on any atom is -0.758 e. The highest BCUT2D eigenvalue weighted by Gasteiger charge is 2.26. The van der Waals surface area contributed by atoms with Crippen molar-refractivity contribution in [2.75, 3.05) is 33.2 Å². The molecule has 2 aliphatic heterocycles. The first-order valence-corrected chi connectivity index (χ1v) is 4.93. The second-order valence-corrected chi connectivity index (χ2v) is 3.90. The molecule has 0 unspecified atom stereocenters. The number of likely N-dealkylation sites (tertiary alicyclic amines) is 1. The molecule has 0 amide bonds. The van der Waals surface area contributed by atoms with Crippen LogP contribution in [0.4, 0.5) is 0 Å². The summed E-state index contributed by atoms with van der Waals surface area (Å²) in [7, 11) is 2.12. The fourth-order valence-electron chi connectivity index (χ4n) is 2.16. The largest absolute Gasteiger partial charge is 0.758 e. The molecule has 2 aliphatic rings. The molecule has 2 fully saturated rings. The van der Waals surface area contributed by atoms with Gasteiger partial charge in [-0.1, -0.05) is 0 Å². The Morgan fingerprint density at radius 1 is 1.38 bits per heavy atom. The van der Waals surface area contributed by atoms with Gasteiger partial charge in [-0.15, -0.1) is 0 Å². The lowest BCUT2D eigenvalue weighted by atomic mass is 10.1. The standard InChI is InChI=1S/C8H17N4O/c1-10-5-2-3-8(7-10)11-6-4-9-12(11)13/h8-9H,2-7H2,1H3/q-1/t8-/m1/s1. The summed E-state index contributed by atoms with van der Waals surface area (Å²) in [6.45, 7) is 3.81. The summed E-state index contributed by atoms with van der Waals surface area (Å²) >= 11 is 0. The highest BCUT2D eigenvalue weighted by Crippen LogP contribution is 2.16. The maximum absolute atomic E-state index is 11.3. The molecule has 0 aliphatic carbocycles. The van der Waals surface area contributed by atoms with E-state index in [1.807, 2.05) is 5.01 Å². The van der Waals surface area contributed by atoms with Crippen LogP contribution in [-0.4, -0.2) is 54.5 Å². The fraction of sp³-hybridized carbons (Fsp3) is 1.00. The van der Waals surface area contributed by atoms with E-state index in [0.29, 0.717) is 6.04 Å². The van der Waals surface area contributed by atoms with Crippen LogP contribution in [0.3, 0.4) is 0 Å². The molecule has 2 heterocycles. The molecule has 76 valence electrons. The lowest BCUT2D eigenvalue weighted by molar-refractivity contribution is -0.0254. The van der Waals surface area contributed by atoms with E-state index in [0.717, 1.165) is 37.9 Å². The third kappa shape index (κ3) is 2.00. The van der Waals surface area contributed by atoms with Gasteiger partial charge in [0.15, 0.2) is 0 Å². The number of piperidine rings is 1. The van der Waals surface area contributed by atoms with E-state index in [-0.39, 0.29) is 0 Å². The minimum absolute atomic E-state index is 0.409. The van der Waals surface area contributed by atoms with Gasteiger partial charge >= 0.3 is 0 Å². The Labute approximate surface area is 78.8 Å². The van der Waals surface area contributed by atoms with Gasteiger partial charge in [-0.2, -0.15) is 0 Å². The zero-order valence-electron chi connectivity index (χ0n) is 8.07. The highest BCUT2D eigenvalue weighted by atomic mass is 16.6. The molecule has 0 bridgehead atoms. The number of hydrazine groups is 2. The van der Waals surface area contributed by atoms with E-state index in [4.69, 9.17) is 0 Å². The third-order valence-corrected chi connectivity index (χ3v) is 2.84. The summed E-state index contributed by atoms with van der Waals surface area (Å²) in [6.07, 6.45) is 2.34. The van der Waals surface area contributed by atoms with Gasteiger partial charge in [-0.3, -0.25) is 10.7 Å². The van der Waals surface area contributed by atoms with Crippen molar-refractivity contribution >= 4 is 0 Å². The van der Waals surface area contributed by atoms with Gasteiger partial charge in [0.05, 0.1) is 0 Å². The average Bonchev–Trinajstić information content (AvgIpc) is 2.51. The van der Waals surface area contributed by atoms with Crippen LogP contribution in [0.15, 0.2) is 0 Å². The Hall–Kier alpha value is -0.200. The molecule has 0 saturated carbocycles. The second kappa shape index (κ2) is 3.89. The van der Waals surface area contributed by atoms with Crippen molar-refractivity contribution in [3.8, 4) is 0 Å². The summed E-state index contributed by atoms with van der Waals surface area (Å²) in [5.74, 6) is 0. The van der Waals surface area contributed by atoms with Crippen molar-refractivity contribution in [3.05, 3.63) is 5.21 Å². The Morgan fingerprint density at radius 3 is 2.85 bits per heavy atom.